The molecule has 2 rings (SSSR count). The first kappa shape index (κ1) is 14.3. The molecule has 2 atom stereocenters. The quantitative estimate of drug-likeness (QED) is 0.901. The van der Waals surface area contributed by atoms with Gasteiger partial charge in [0.05, 0.1) is 11.5 Å². The summed E-state index contributed by atoms with van der Waals surface area (Å²) in [6.45, 7) is 1.98. The van der Waals surface area contributed by atoms with Crippen molar-refractivity contribution in [2.24, 2.45) is 5.73 Å². The predicted molar refractivity (Wildman–Crippen MR) is 79.3 cm³/mol. The van der Waals surface area contributed by atoms with Gasteiger partial charge in [-0.3, -0.25) is 0 Å². The third-order valence-corrected chi connectivity index (χ3v) is 5.42. The molecule has 5 heteroatoms. The van der Waals surface area contributed by atoms with Crippen LogP contribution in [0, 0.1) is 0 Å². The van der Waals surface area contributed by atoms with Gasteiger partial charge >= 0.3 is 0 Å². The van der Waals surface area contributed by atoms with Crippen molar-refractivity contribution in [1.82, 2.24) is 0 Å². The number of para-hydroxylation sites is 1. The van der Waals surface area contributed by atoms with Gasteiger partial charge in [-0.05, 0) is 31.4 Å². The molecule has 2 unspecified atom stereocenters. The molecule has 0 aliphatic carbocycles. The summed E-state index contributed by atoms with van der Waals surface area (Å²) >= 11 is 0. The van der Waals surface area contributed by atoms with E-state index in [0.717, 1.165) is 12.1 Å². The zero-order valence-corrected chi connectivity index (χ0v) is 12.4. The van der Waals surface area contributed by atoms with Gasteiger partial charge in [0.1, 0.15) is 0 Å². The lowest BCUT2D eigenvalue weighted by Crippen LogP contribution is -2.33. The van der Waals surface area contributed by atoms with Gasteiger partial charge in [-0.15, -0.1) is 0 Å². The van der Waals surface area contributed by atoms with Crippen LogP contribution in [-0.4, -0.2) is 39.1 Å². The number of sulfone groups is 1. The molecular weight excluding hydrogens is 260 g/mol. The van der Waals surface area contributed by atoms with E-state index in [4.69, 9.17) is 5.73 Å². The molecule has 1 aliphatic heterocycles. The highest BCUT2D eigenvalue weighted by Crippen LogP contribution is 2.26. The molecule has 1 aliphatic rings. The summed E-state index contributed by atoms with van der Waals surface area (Å²) in [5, 5.41) is 0. The lowest BCUT2D eigenvalue weighted by Gasteiger charge is -2.28. The molecule has 0 bridgehead atoms. The summed E-state index contributed by atoms with van der Waals surface area (Å²) < 4.78 is 23.2. The highest BCUT2D eigenvalue weighted by molar-refractivity contribution is 7.91. The van der Waals surface area contributed by atoms with Crippen LogP contribution in [0.25, 0.3) is 0 Å². The molecule has 1 saturated heterocycles. The highest BCUT2D eigenvalue weighted by atomic mass is 32.2. The van der Waals surface area contributed by atoms with E-state index in [2.05, 4.69) is 11.0 Å². The van der Waals surface area contributed by atoms with Gasteiger partial charge < -0.3 is 10.6 Å². The molecule has 4 nitrogen and oxygen atoms in total. The molecule has 1 aromatic carbocycles. The molecule has 0 saturated carbocycles. The number of hydrogen-bond donors (Lipinski definition) is 1. The van der Waals surface area contributed by atoms with Crippen molar-refractivity contribution in [1.29, 1.82) is 0 Å². The van der Waals surface area contributed by atoms with Crippen molar-refractivity contribution >= 4 is 15.5 Å². The van der Waals surface area contributed by atoms with Gasteiger partial charge in [0, 0.05) is 24.8 Å². The topological polar surface area (TPSA) is 63.4 Å². The average molecular weight is 282 g/mol. The fourth-order valence-corrected chi connectivity index (χ4v) is 4.43. The van der Waals surface area contributed by atoms with Crippen LogP contribution < -0.4 is 10.6 Å². The largest absolute Gasteiger partial charge is 0.370 e. The summed E-state index contributed by atoms with van der Waals surface area (Å²) in [4.78, 5) is 2.10. The molecule has 1 fully saturated rings. The van der Waals surface area contributed by atoms with Gasteiger partial charge in [-0.2, -0.15) is 0 Å². The third-order valence-electron chi connectivity index (χ3n) is 3.67. The summed E-state index contributed by atoms with van der Waals surface area (Å²) in [7, 11) is -0.873. The summed E-state index contributed by atoms with van der Waals surface area (Å²) in [6.07, 6.45) is 1.52. The molecule has 1 aromatic rings. The average Bonchev–Trinajstić information content (AvgIpc) is 2.69. The Kier molecular flexibility index (Phi) is 4.16. The van der Waals surface area contributed by atoms with Gasteiger partial charge in [0.15, 0.2) is 9.84 Å². The minimum Gasteiger partial charge on any atom is -0.370 e. The molecule has 2 N–H and O–H groups in total. The van der Waals surface area contributed by atoms with E-state index >= 15 is 0 Å². The van der Waals surface area contributed by atoms with E-state index in [9.17, 15) is 8.42 Å². The van der Waals surface area contributed by atoms with Gasteiger partial charge in [-0.1, -0.05) is 18.2 Å². The molecule has 0 radical (unpaired) electrons. The first-order valence-electron chi connectivity index (χ1n) is 6.66. The Labute approximate surface area is 115 Å². The smallest absolute Gasteiger partial charge is 0.152 e. The summed E-state index contributed by atoms with van der Waals surface area (Å²) in [6, 6.07) is 8.28. The molecular formula is C14H22N2O2S. The Hall–Kier alpha value is -1.07. The van der Waals surface area contributed by atoms with Crippen LogP contribution >= 0.6 is 0 Å². The SMILES string of the molecule is CC(N)Cc1ccccc1N(C)C1CCS(=O)(=O)C1. The number of anilines is 1. The number of benzene rings is 1. The second-order valence-corrected chi connectivity index (χ2v) is 7.71. The zero-order valence-electron chi connectivity index (χ0n) is 11.5. The molecule has 1 heterocycles. The molecule has 0 spiro atoms. The molecule has 106 valence electrons. The second-order valence-electron chi connectivity index (χ2n) is 5.48. The van der Waals surface area contributed by atoms with Crippen molar-refractivity contribution in [2.75, 3.05) is 23.5 Å². The fourth-order valence-electron chi connectivity index (χ4n) is 2.65. The number of nitrogens with two attached hydrogens (primary N) is 1. The van der Waals surface area contributed by atoms with Crippen molar-refractivity contribution in [3.63, 3.8) is 0 Å². The Morgan fingerprint density at radius 3 is 2.68 bits per heavy atom. The molecule has 19 heavy (non-hydrogen) atoms. The van der Waals surface area contributed by atoms with Crippen molar-refractivity contribution in [3.05, 3.63) is 29.8 Å². The van der Waals surface area contributed by atoms with Crippen LogP contribution in [0.3, 0.4) is 0 Å². The van der Waals surface area contributed by atoms with Crippen LogP contribution in [0.1, 0.15) is 18.9 Å². The van der Waals surface area contributed by atoms with Crippen LogP contribution in [0.2, 0.25) is 0 Å². The van der Waals surface area contributed by atoms with Gasteiger partial charge in [0.25, 0.3) is 0 Å². The second kappa shape index (κ2) is 5.51. The van der Waals surface area contributed by atoms with Crippen LogP contribution in [0.4, 0.5) is 5.69 Å². The highest BCUT2D eigenvalue weighted by Gasteiger charge is 2.31. The fraction of sp³-hybridized carbons (Fsp3) is 0.571. The third kappa shape index (κ3) is 3.48. The zero-order chi connectivity index (χ0) is 14.0. The standard InChI is InChI=1S/C14H22N2O2S/c1-11(15)9-12-5-3-4-6-14(12)16(2)13-7-8-19(17,18)10-13/h3-6,11,13H,7-10,15H2,1-2H3. The minimum atomic E-state index is -2.85. The molecule has 0 amide bonds. The summed E-state index contributed by atoms with van der Waals surface area (Å²) in [5.41, 5.74) is 8.16. The predicted octanol–water partition coefficient (Wildman–Crippen LogP) is 1.20. The first-order chi connectivity index (χ1) is 8.89. The Balaban J connectivity index is 2.22. The summed E-state index contributed by atoms with van der Waals surface area (Å²) in [5.74, 6) is 0.563. The Bertz CT molecular complexity index is 540. The van der Waals surface area contributed by atoms with Crippen molar-refractivity contribution < 1.29 is 8.42 Å². The Morgan fingerprint density at radius 1 is 1.42 bits per heavy atom. The molecule has 0 aromatic heterocycles. The minimum absolute atomic E-state index is 0.0826. The van der Waals surface area contributed by atoms with E-state index in [1.807, 2.05) is 32.2 Å². The number of rotatable bonds is 4. The number of nitrogens with zero attached hydrogens (tertiary/aromatic N) is 1. The Morgan fingerprint density at radius 2 is 2.11 bits per heavy atom. The van der Waals surface area contributed by atoms with Crippen LogP contribution in [0.5, 0.6) is 0 Å². The van der Waals surface area contributed by atoms with E-state index in [1.165, 1.54) is 5.56 Å². The first-order valence-corrected chi connectivity index (χ1v) is 8.48. The lowest BCUT2D eigenvalue weighted by atomic mass is 10.0. The lowest BCUT2D eigenvalue weighted by molar-refractivity contribution is 0.600. The number of hydrogen-bond acceptors (Lipinski definition) is 4. The van der Waals surface area contributed by atoms with E-state index in [-0.39, 0.29) is 17.8 Å². The maximum atomic E-state index is 11.6. The van der Waals surface area contributed by atoms with Crippen LogP contribution in [-0.2, 0) is 16.3 Å². The van der Waals surface area contributed by atoms with Crippen molar-refractivity contribution in [2.45, 2.75) is 31.8 Å². The monoisotopic (exact) mass is 282 g/mol. The van der Waals surface area contributed by atoms with Gasteiger partial charge in [-0.25, -0.2) is 8.42 Å². The van der Waals surface area contributed by atoms with E-state index in [0.29, 0.717) is 12.2 Å². The maximum Gasteiger partial charge on any atom is 0.152 e. The van der Waals surface area contributed by atoms with Crippen molar-refractivity contribution in [3.8, 4) is 0 Å². The van der Waals surface area contributed by atoms with Gasteiger partial charge in [0.2, 0.25) is 0 Å². The van der Waals surface area contributed by atoms with E-state index < -0.39 is 9.84 Å². The van der Waals surface area contributed by atoms with Crippen LogP contribution in [0.15, 0.2) is 24.3 Å². The van der Waals surface area contributed by atoms with E-state index in [1.54, 1.807) is 0 Å². The normalized spacial score (nSPS) is 23.2. The maximum absolute atomic E-state index is 11.6.